The van der Waals surface area contributed by atoms with Gasteiger partial charge in [-0.2, -0.15) is 0 Å². The van der Waals surface area contributed by atoms with E-state index >= 15 is 0 Å². The van der Waals surface area contributed by atoms with Gasteiger partial charge in [-0.1, -0.05) is 24.3 Å². The highest BCUT2D eigenvalue weighted by Gasteiger charge is 2.33. The summed E-state index contributed by atoms with van der Waals surface area (Å²) in [5.74, 6) is 1.20. The second kappa shape index (κ2) is 7.26. The SMILES string of the molecule is O=C1C[C@H](CCC(=O)N2CC(c3ccc(C4CCS(=O)(=O)C4)cc3)C2)CO1. The summed E-state index contributed by atoms with van der Waals surface area (Å²) >= 11 is 0. The van der Waals surface area contributed by atoms with Crippen LogP contribution in [0, 0.1) is 5.92 Å². The van der Waals surface area contributed by atoms with Gasteiger partial charge < -0.3 is 9.64 Å². The number of carbonyl (C=O) groups excluding carboxylic acids is 2. The standard InChI is InChI=1S/C20H25NO5S/c22-19(6-1-14-9-20(23)26-12-14)21-10-18(11-21)16-4-2-15(3-5-16)17-7-8-27(24,25)13-17/h2-5,14,17-18H,1,6-13H2/t14-,17?/m0/s1. The molecule has 0 radical (unpaired) electrons. The van der Waals surface area contributed by atoms with Gasteiger partial charge in [0.25, 0.3) is 0 Å². The van der Waals surface area contributed by atoms with Gasteiger partial charge in [-0.05, 0) is 29.9 Å². The van der Waals surface area contributed by atoms with Gasteiger partial charge in [-0.3, -0.25) is 9.59 Å². The van der Waals surface area contributed by atoms with Crippen LogP contribution in [0.2, 0.25) is 0 Å². The average molecular weight is 391 g/mol. The summed E-state index contributed by atoms with van der Waals surface area (Å²) < 4.78 is 28.2. The van der Waals surface area contributed by atoms with Crippen molar-refractivity contribution < 1.29 is 22.7 Å². The molecule has 2 atom stereocenters. The molecule has 0 saturated carbocycles. The van der Waals surface area contributed by atoms with Gasteiger partial charge in [0.1, 0.15) is 0 Å². The second-order valence-corrected chi connectivity index (χ2v) is 10.3. The zero-order valence-corrected chi connectivity index (χ0v) is 16.1. The minimum absolute atomic E-state index is 0.120. The predicted octanol–water partition coefficient (Wildman–Crippen LogP) is 1.86. The van der Waals surface area contributed by atoms with E-state index in [1.165, 1.54) is 5.56 Å². The van der Waals surface area contributed by atoms with E-state index < -0.39 is 9.84 Å². The molecule has 1 aromatic rings. The number of carbonyl (C=O) groups is 2. The molecule has 3 aliphatic rings. The highest BCUT2D eigenvalue weighted by Crippen LogP contribution is 2.32. The maximum Gasteiger partial charge on any atom is 0.306 e. The third kappa shape index (κ3) is 4.18. The lowest BCUT2D eigenvalue weighted by molar-refractivity contribution is -0.138. The smallest absolute Gasteiger partial charge is 0.306 e. The molecule has 7 heteroatoms. The van der Waals surface area contributed by atoms with Gasteiger partial charge in [-0.15, -0.1) is 0 Å². The monoisotopic (exact) mass is 391 g/mol. The van der Waals surface area contributed by atoms with Crippen molar-refractivity contribution in [2.75, 3.05) is 31.2 Å². The molecule has 6 nitrogen and oxygen atoms in total. The molecule has 1 amide bonds. The zero-order valence-electron chi connectivity index (χ0n) is 15.3. The van der Waals surface area contributed by atoms with Crippen molar-refractivity contribution >= 4 is 21.7 Å². The lowest BCUT2D eigenvalue weighted by Gasteiger charge is -2.40. The number of nitrogens with zero attached hydrogens (tertiary/aromatic N) is 1. The first-order chi connectivity index (χ1) is 12.9. The van der Waals surface area contributed by atoms with Crippen LogP contribution in [-0.2, 0) is 24.2 Å². The Morgan fingerprint density at radius 3 is 2.33 bits per heavy atom. The number of benzene rings is 1. The van der Waals surface area contributed by atoms with Crippen LogP contribution in [0.25, 0.3) is 0 Å². The maximum atomic E-state index is 12.3. The van der Waals surface area contributed by atoms with E-state index in [4.69, 9.17) is 4.74 Å². The number of hydrogen-bond acceptors (Lipinski definition) is 5. The molecule has 1 unspecified atom stereocenters. The van der Waals surface area contributed by atoms with Crippen LogP contribution < -0.4 is 0 Å². The van der Waals surface area contributed by atoms with Crippen LogP contribution in [0.15, 0.2) is 24.3 Å². The first kappa shape index (κ1) is 18.5. The predicted molar refractivity (Wildman–Crippen MR) is 100 cm³/mol. The van der Waals surface area contributed by atoms with Crippen LogP contribution in [0.4, 0.5) is 0 Å². The highest BCUT2D eigenvalue weighted by molar-refractivity contribution is 7.91. The van der Waals surface area contributed by atoms with Gasteiger partial charge in [-0.25, -0.2) is 8.42 Å². The summed E-state index contributed by atoms with van der Waals surface area (Å²) in [6.07, 6.45) is 2.34. The summed E-state index contributed by atoms with van der Waals surface area (Å²) in [6, 6.07) is 8.24. The number of likely N-dealkylation sites (tertiary alicyclic amines) is 1. The number of sulfone groups is 1. The van der Waals surface area contributed by atoms with Gasteiger partial charge in [0.15, 0.2) is 9.84 Å². The molecule has 1 aromatic carbocycles. The summed E-state index contributed by atoms with van der Waals surface area (Å²) in [7, 11) is -2.87. The highest BCUT2D eigenvalue weighted by atomic mass is 32.2. The maximum absolute atomic E-state index is 12.3. The normalized spacial score (nSPS) is 27.4. The first-order valence-corrected chi connectivity index (χ1v) is 11.5. The number of esters is 1. The van der Waals surface area contributed by atoms with Crippen LogP contribution >= 0.6 is 0 Å². The molecule has 3 fully saturated rings. The molecule has 3 saturated heterocycles. The molecule has 146 valence electrons. The Kier molecular flexibility index (Phi) is 4.97. The van der Waals surface area contributed by atoms with E-state index in [1.807, 2.05) is 17.0 Å². The van der Waals surface area contributed by atoms with Gasteiger partial charge in [0.2, 0.25) is 5.91 Å². The summed E-state index contributed by atoms with van der Waals surface area (Å²) in [6.45, 7) is 1.91. The Hall–Kier alpha value is -1.89. The molecular formula is C20H25NO5S. The van der Waals surface area contributed by atoms with Crippen molar-refractivity contribution in [1.29, 1.82) is 0 Å². The quantitative estimate of drug-likeness (QED) is 0.716. The Morgan fingerprint density at radius 2 is 1.78 bits per heavy atom. The van der Waals surface area contributed by atoms with E-state index in [-0.39, 0.29) is 29.5 Å². The molecule has 27 heavy (non-hydrogen) atoms. The Morgan fingerprint density at radius 1 is 1.11 bits per heavy atom. The minimum atomic E-state index is -2.87. The van der Waals surface area contributed by atoms with Gasteiger partial charge in [0, 0.05) is 31.3 Å². The summed E-state index contributed by atoms with van der Waals surface area (Å²) in [5.41, 5.74) is 2.30. The number of rotatable bonds is 5. The number of hydrogen-bond donors (Lipinski definition) is 0. The largest absolute Gasteiger partial charge is 0.465 e. The van der Waals surface area contributed by atoms with E-state index in [0.29, 0.717) is 44.0 Å². The van der Waals surface area contributed by atoms with Gasteiger partial charge in [0.05, 0.1) is 24.5 Å². The second-order valence-electron chi connectivity index (χ2n) is 8.05. The van der Waals surface area contributed by atoms with Crippen molar-refractivity contribution in [2.24, 2.45) is 5.92 Å². The first-order valence-electron chi connectivity index (χ1n) is 9.63. The Balaban J connectivity index is 1.24. The lowest BCUT2D eigenvalue weighted by Crippen LogP contribution is -2.48. The number of cyclic esters (lactones) is 1. The van der Waals surface area contributed by atoms with E-state index in [9.17, 15) is 18.0 Å². The molecule has 3 aliphatic heterocycles. The van der Waals surface area contributed by atoms with Crippen LogP contribution in [0.3, 0.4) is 0 Å². The van der Waals surface area contributed by atoms with E-state index in [0.717, 1.165) is 18.7 Å². The van der Waals surface area contributed by atoms with Crippen LogP contribution in [-0.4, -0.2) is 56.4 Å². The van der Waals surface area contributed by atoms with E-state index in [1.54, 1.807) is 0 Å². The average Bonchev–Trinajstić information content (AvgIpc) is 3.17. The van der Waals surface area contributed by atoms with Crippen LogP contribution in [0.1, 0.15) is 48.6 Å². The fourth-order valence-electron chi connectivity index (χ4n) is 4.23. The molecule has 0 N–H and O–H groups in total. The molecule has 0 spiro atoms. The fourth-order valence-corrected chi connectivity index (χ4v) is 6.01. The third-order valence-corrected chi connectivity index (χ3v) is 7.82. The molecule has 0 aliphatic carbocycles. The van der Waals surface area contributed by atoms with Crippen molar-refractivity contribution in [1.82, 2.24) is 4.90 Å². The molecule has 0 aromatic heterocycles. The third-order valence-electron chi connectivity index (χ3n) is 6.05. The van der Waals surface area contributed by atoms with Crippen LogP contribution in [0.5, 0.6) is 0 Å². The Bertz CT molecular complexity index is 826. The number of amides is 1. The molecule has 0 bridgehead atoms. The fraction of sp³-hybridized carbons (Fsp3) is 0.600. The zero-order chi connectivity index (χ0) is 19.0. The van der Waals surface area contributed by atoms with E-state index in [2.05, 4.69) is 12.1 Å². The molecular weight excluding hydrogens is 366 g/mol. The van der Waals surface area contributed by atoms with Crippen molar-refractivity contribution in [3.8, 4) is 0 Å². The summed E-state index contributed by atoms with van der Waals surface area (Å²) in [4.78, 5) is 25.2. The summed E-state index contributed by atoms with van der Waals surface area (Å²) in [5, 5.41) is 0. The topological polar surface area (TPSA) is 80.8 Å². The lowest BCUT2D eigenvalue weighted by atomic mass is 9.88. The molecule has 3 heterocycles. The number of ether oxygens (including phenoxy) is 1. The Labute approximate surface area is 159 Å². The van der Waals surface area contributed by atoms with Gasteiger partial charge >= 0.3 is 5.97 Å². The van der Waals surface area contributed by atoms with Crippen molar-refractivity contribution in [3.63, 3.8) is 0 Å². The van der Waals surface area contributed by atoms with Crippen molar-refractivity contribution in [3.05, 3.63) is 35.4 Å². The molecule has 4 rings (SSSR count). The van der Waals surface area contributed by atoms with Crippen molar-refractivity contribution in [2.45, 2.75) is 37.5 Å². The minimum Gasteiger partial charge on any atom is -0.465 e.